The fourth-order valence-electron chi connectivity index (χ4n) is 5.07. The fourth-order valence-corrected chi connectivity index (χ4v) is 5.07. The van der Waals surface area contributed by atoms with Crippen LogP contribution in [0.3, 0.4) is 0 Å². The van der Waals surface area contributed by atoms with Crippen molar-refractivity contribution in [2.75, 3.05) is 27.3 Å². The van der Waals surface area contributed by atoms with Crippen molar-refractivity contribution in [1.29, 1.82) is 0 Å². The van der Waals surface area contributed by atoms with Crippen LogP contribution in [0.4, 0.5) is 0 Å². The molecule has 3 aliphatic rings. The van der Waals surface area contributed by atoms with Crippen molar-refractivity contribution in [2.24, 2.45) is 5.92 Å². The van der Waals surface area contributed by atoms with E-state index in [-0.39, 0.29) is 5.54 Å². The minimum absolute atomic E-state index is 0.0407. The third-order valence-electron chi connectivity index (χ3n) is 6.61. The Balaban J connectivity index is 1.58. The van der Waals surface area contributed by atoms with Gasteiger partial charge in [-0.2, -0.15) is 0 Å². The highest BCUT2D eigenvalue weighted by molar-refractivity contribution is 5.43. The van der Waals surface area contributed by atoms with Gasteiger partial charge in [0.1, 0.15) is 0 Å². The van der Waals surface area contributed by atoms with E-state index in [1.165, 1.54) is 37.1 Å². The molecule has 0 amide bonds. The Morgan fingerprint density at radius 1 is 1.00 bits per heavy atom. The molecule has 2 aromatic rings. The second kappa shape index (κ2) is 7.53. The second-order valence-electron chi connectivity index (χ2n) is 7.89. The first-order valence-electron chi connectivity index (χ1n) is 9.91. The molecule has 27 heavy (non-hydrogen) atoms. The quantitative estimate of drug-likeness (QED) is 0.843. The lowest BCUT2D eigenvalue weighted by atomic mass is 9.68. The minimum Gasteiger partial charge on any atom is -0.493 e. The van der Waals surface area contributed by atoms with Gasteiger partial charge in [0.25, 0.3) is 0 Å². The van der Waals surface area contributed by atoms with Gasteiger partial charge in [-0.1, -0.05) is 36.4 Å². The number of fused-ring (bicyclic) bond motifs is 3. The van der Waals surface area contributed by atoms with E-state index in [1.807, 2.05) is 6.07 Å². The molecular formula is C23H30N2O2. The van der Waals surface area contributed by atoms with E-state index in [0.29, 0.717) is 6.04 Å². The van der Waals surface area contributed by atoms with E-state index in [9.17, 15) is 0 Å². The van der Waals surface area contributed by atoms with Crippen molar-refractivity contribution < 1.29 is 9.47 Å². The Morgan fingerprint density at radius 2 is 1.70 bits per heavy atom. The second-order valence-corrected chi connectivity index (χ2v) is 7.89. The molecule has 4 nitrogen and oxygen atoms in total. The maximum atomic E-state index is 5.47. The van der Waals surface area contributed by atoms with Gasteiger partial charge in [0, 0.05) is 12.6 Å². The zero-order valence-electron chi connectivity index (χ0n) is 16.6. The third-order valence-corrected chi connectivity index (χ3v) is 6.61. The molecule has 2 bridgehead atoms. The number of methoxy groups -OCH3 is 2. The molecule has 5 rings (SSSR count). The average Bonchev–Trinajstić information content (AvgIpc) is 2.74. The van der Waals surface area contributed by atoms with Crippen molar-refractivity contribution in [1.82, 2.24) is 10.2 Å². The van der Waals surface area contributed by atoms with Gasteiger partial charge in [0.2, 0.25) is 0 Å². The standard InChI is InChI=1S/C23H30N2O2/c1-23(19-7-5-4-6-8-19)22(18-11-13-25(23)14-12-18)24-16-17-9-10-20(26-2)21(15-17)27-3/h4-10,15,18,22,24H,11-14,16H2,1-3H3. The molecule has 3 fully saturated rings. The van der Waals surface area contributed by atoms with Crippen molar-refractivity contribution in [2.45, 2.75) is 37.9 Å². The number of benzene rings is 2. The first kappa shape index (κ1) is 18.3. The Labute approximate surface area is 162 Å². The van der Waals surface area contributed by atoms with Crippen LogP contribution < -0.4 is 14.8 Å². The van der Waals surface area contributed by atoms with E-state index in [4.69, 9.17) is 9.47 Å². The predicted molar refractivity (Wildman–Crippen MR) is 108 cm³/mol. The van der Waals surface area contributed by atoms with Crippen molar-refractivity contribution >= 4 is 0 Å². The molecule has 4 heteroatoms. The molecule has 3 saturated heterocycles. The van der Waals surface area contributed by atoms with Gasteiger partial charge in [0.15, 0.2) is 11.5 Å². The maximum Gasteiger partial charge on any atom is 0.161 e. The van der Waals surface area contributed by atoms with E-state index < -0.39 is 0 Å². The Bertz CT molecular complexity index is 771. The molecule has 3 aliphatic heterocycles. The van der Waals surface area contributed by atoms with Crippen LogP contribution in [0.15, 0.2) is 48.5 Å². The summed E-state index contributed by atoms with van der Waals surface area (Å²) in [7, 11) is 3.36. The number of rotatable bonds is 6. The van der Waals surface area contributed by atoms with Gasteiger partial charge >= 0.3 is 0 Å². The first-order chi connectivity index (χ1) is 13.2. The number of hydrogen-bond acceptors (Lipinski definition) is 4. The van der Waals surface area contributed by atoms with Crippen LogP contribution in [0.1, 0.15) is 30.9 Å². The summed E-state index contributed by atoms with van der Waals surface area (Å²) < 4.78 is 10.8. The van der Waals surface area contributed by atoms with E-state index in [0.717, 1.165) is 24.0 Å². The molecule has 0 radical (unpaired) electrons. The van der Waals surface area contributed by atoms with Crippen molar-refractivity contribution in [3.05, 3.63) is 59.7 Å². The third kappa shape index (κ3) is 3.21. The monoisotopic (exact) mass is 366 g/mol. The van der Waals surface area contributed by atoms with Crippen LogP contribution in [0, 0.1) is 5.92 Å². The Morgan fingerprint density at radius 3 is 2.37 bits per heavy atom. The topological polar surface area (TPSA) is 33.7 Å². The lowest BCUT2D eigenvalue weighted by Gasteiger charge is -2.58. The molecule has 0 saturated carbocycles. The van der Waals surface area contributed by atoms with Gasteiger partial charge in [-0.15, -0.1) is 0 Å². The summed E-state index contributed by atoms with van der Waals surface area (Å²) in [6.45, 7) is 5.65. The molecular weight excluding hydrogens is 336 g/mol. The highest BCUT2D eigenvalue weighted by atomic mass is 16.5. The maximum absolute atomic E-state index is 5.47. The normalized spacial score (nSPS) is 29.5. The highest BCUT2D eigenvalue weighted by Crippen LogP contribution is 2.45. The molecule has 1 N–H and O–H groups in total. The highest BCUT2D eigenvalue weighted by Gasteiger charge is 2.51. The molecule has 0 aromatic heterocycles. The summed E-state index contributed by atoms with van der Waals surface area (Å²) in [6.07, 6.45) is 2.57. The zero-order valence-corrected chi connectivity index (χ0v) is 16.6. The molecule has 2 aromatic carbocycles. The fraction of sp³-hybridized carbons (Fsp3) is 0.478. The van der Waals surface area contributed by atoms with Crippen LogP contribution in [-0.2, 0) is 12.1 Å². The average molecular weight is 367 g/mol. The molecule has 2 atom stereocenters. The minimum atomic E-state index is 0.0407. The molecule has 144 valence electrons. The largest absolute Gasteiger partial charge is 0.493 e. The molecule has 0 aliphatic carbocycles. The van der Waals surface area contributed by atoms with Gasteiger partial charge < -0.3 is 14.8 Å². The lowest BCUT2D eigenvalue weighted by Crippen LogP contribution is -2.67. The van der Waals surface area contributed by atoms with Gasteiger partial charge in [-0.25, -0.2) is 0 Å². The summed E-state index contributed by atoms with van der Waals surface area (Å²) in [5.74, 6) is 2.29. The smallest absolute Gasteiger partial charge is 0.161 e. The number of hydrogen-bond donors (Lipinski definition) is 1. The van der Waals surface area contributed by atoms with Gasteiger partial charge in [0.05, 0.1) is 19.8 Å². The van der Waals surface area contributed by atoms with E-state index in [1.54, 1.807) is 14.2 Å². The molecule has 3 heterocycles. The molecule has 0 spiro atoms. The summed E-state index contributed by atoms with van der Waals surface area (Å²) in [5, 5.41) is 3.91. The lowest BCUT2D eigenvalue weighted by molar-refractivity contribution is -0.0563. The SMILES string of the molecule is COc1ccc(CNC2C3CCN(CC3)C2(C)c2ccccc2)cc1OC. The van der Waals surface area contributed by atoms with Crippen LogP contribution >= 0.6 is 0 Å². The zero-order chi connectivity index (χ0) is 18.9. The number of ether oxygens (including phenoxy) is 2. The summed E-state index contributed by atoms with van der Waals surface area (Å²) in [4.78, 5) is 2.68. The number of nitrogens with zero attached hydrogens (tertiary/aromatic N) is 1. The van der Waals surface area contributed by atoms with Gasteiger partial charge in [-0.05, 0) is 62.0 Å². The van der Waals surface area contributed by atoms with Crippen LogP contribution in [0.5, 0.6) is 11.5 Å². The first-order valence-corrected chi connectivity index (χ1v) is 9.91. The Hall–Kier alpha value is -2.04. The Kier molecular flexibility index (Phi) is 5.11. The van der Waals surface area contributed by atoms with E-state index >= 15 is 0 Å². The van der Waals surface area contributed by atoms with Crippen molar-refractivity contribution in [3.8, 4) is 11.5 Å². The van der Waals surface area contributed by atoms with Crippen LogP contribution in [0.2, 0.25) is 0 Å². The van der Waals surface area contributed by atoms with Gasteiger partial charge in [-0.3, -0.25) is 4.90 Å². The predicted octanol–water partition coefficient (Wildman–Crippen LogP) is 3.80. The van der Waals surface area contributed by atoms with Crippen LogP contribution in [-0.4, -0.2) is 38.3 Å². The van der Waals surface area contributed by atoms with Crippen molar-refractivity contribution in [3.63, 3.8) is 0 Å². The molecule has 2 unspecified atom stereocenters. The summed E-state index contributed by atoms with van der Waals surface area (Å²) >= 11 is 0. The van der Waals surface area contributed by atoms with Crippen LogP contribution in [0.25, 0.3) is 0 Å². The summed E-state index contributed by atoms with van der Waals surface area (Å²) in [5.41, 5.74) is 2.68. The number of piperidine rings is 3. The van der Waals surface area contributed by atoms with E-state index in [2.05, 4.69) is 59.6 Å². The number of nitrogens with one attached hydrogen (secondary N) is 1. The summed E-state index contributed by atoms with van der Waals surface area (Å²) in [6, 6.07) is 17.6.